The Hall–Kier alpha value is -0.220. The first-order chi connectivity index (χ1) is 9.71. The molecule has 3 nitrogen and oxygen atoms in total. The molecular weight excluding hydrogens is 268 g/mol. The summed E-state index contributed by atoms with van der Waals surface area (Å²) in [6.45, 7) is 4.49. The van der Waals surface area contributed by atoms with Gasteiger partial charge in [-0.25, -0.2) is 0 Å². The van der Waals surface area contributed by atoms with Crippen LogP contribution in [0.2, 0.25) is 0 Å². The van der Waals surface area contributed by atoms with Crippen molar-refractivity contribution in [3.63, 3.8) is 0 Å². The molecule has 1 spiro atoms. The number of likely N-dealkylation sites (tertiary alicyclic amines) is 1. The predicted molar refractivity (Wildman–Crippen MR) is 84.5 cm³/mol. The van der Waals surface area contributed by atoms with Crippen molar-refractivity contribution < 1.29 is 4.79 Å². The van der Waals surface area contributed by atoms with Gasteiger partial charge >= 0.3 is 0 Å². The number of carbonyl (C=O) groups excluding carboxylic acids is 1. The van der Waals surface area contributed by atoms with Crippen molar-refractivity contribution in [1.82, 2.24) is 9.21 Å². The molecule has 2 heterocycles. The van der Waals surface area contributed by atoms with Crippen molar-refractivity contribution in [1.29, 1.82) is 0 Å². The van der Waals surface area contributed by atoms with E-state index in [9.17, 15) is 4.79 Å². The molecule has 0 N–H and O–H groups in total. The number of rotatable bonds is 3. The molecule has 3 fully saturated rings. The maximum absolute atomic E-state index is 12.4. The molecule has 1 aliphatic carbocycles. The van der Waals surface area contributed by atoms with Gasteiger partial charge in [0.05, 0.1) is 0 Å². The topological polar surface area (TPSA) is 23.6 Å². The van der Waals surface area contributed by atoms with E-state index in [0.717, 1.165) is 19.5 Å². The van der Waals surface area contributed by atoms with Crippen LogP contribution in [0.15, 0.2) is 0 Å². The van der Waals surface area contributed by atoms with Gasteiger partial charge in [0.25, 0.3) is 0 Å². The Morgan fingerprint density at radius 3 is 2.40 bits per heavy atom. The number of amides is 1. The van der Waals surface area contributed by atoms with E-state index >= 15 is 0 Å². The molecule has 3 aliphatic rings. The normalized spacial score (nSPS) is 27.6. The van der Waals surface area contributed by atoms with Crippen LogP contribution in [0.1, 0.15) is 51.4 Å². The van der Waals surface area contributed by atoms with Crippen molar-refractivity contribution >= 4 is 17.9 Å². The van der Waals surface area contributed by atoms with Gasteiger partial charge in [0, 0.05) is 38.0 Å². The van der Waals surface area contributed by atoms with E-state index < -0.39 is 0 Å². The van der Waals surface area contributed by atoms with E-state index in [-0.39, 0.29) is 0 Å². The SMILES string of the molecule is CSN1CCC2(CC1)CN(C(=O)CC1CCCCC1)C2. The van der Waals surface area contributed by atoms with Gasteiger partial charge in [-0.05, 0) is 37.9 Å². The third kappa shape index (κ3) is 3.16. The second-order valence-electron chi connectivity index (χ2n) is 7.07. The van der Waals surface area contributed by atoms with E-state index in [2.05, 4.69) is 15.5 Å². The Bertz CT molecular complexity index is 338. The largest absolute Gasteiger partial charge is 0.341 e. The molecule has 1 saturated carbocycles. The minimum atomic E-state index is 0.440. The van der Waals surface area contributed by atoms with Gasteiger partial charge in [0.15, 0.2) is 0 Å². The molecule has 1 amide bonds. The molecule has 0 atom stereocenters. The third-order valence-corrected chi connectivity index (χ3v) is 6.52. The summed E-state index contributed by atoms with van der Waals surface area (Å²) in [5.74, 6) is 1.13. The van der Waals surface area contributed by atoms with Gasteiger partial charge < -0.3 is 4.90 Å². The first kappa shape index (κ1) is 14.7. The van der Waals surface area contributed by atoms with Gasteiger partial charge in [0.1, 0.15) is 0 Å². The second kappa shape index (κ2) is 6.27. The second-order valence-corrected chi connectivity index (χ2v) is 7.95. The summed E-state index contributed by atoms with van der Waals surface area (Å²) in [5.41, 5.74) is 0.481. The zero-order chi connectivity index (χ0) is 14.0. The van der Waals surface area contributed by atoms with Crippen molar-refractivity contribution in [3.8, 4) is 0 Å². The van der Waals surface area contributed by atoms with Crippen LogP contribution in [-0.4, -0.2) is 47.5 Å². The average Bonchev–Trinajstić information content (AvgIpc) is 2.46. The Labute approximate surface area is 127 Å². The maximum atomic E-state index is 12.4. The van der Waals surface area contributed by atoms with Gasteiger partial charge in [-0.15, -0.1) is 0 Å². The van der Waals surface area contributed by atoms with E-state index in [4.69, 9.17) is 0 Å². The van der Waals surface area contributed by atoms with E-state index in [1.54, 1.807) is 0 Å². The van der Waals surface area contributed by atoms with Gasteiger partial charge in [-0.1, -0.05) is 31.2 Å². The fourth-order valence-corrected chi connectivity index (χ4v) is 4.71. The minimum Gasteiger partial charge on any atom is -0.341 e. The van der Waals surface area contributed by atoms with E-state index in [0.29, 0.717) is 17.2 Å². The highest BCUT2D eigenvalue weighted by atomic mass is 32.2. The highest BCUT2D eigenvalue weighted by Crippen LogP contribution is 2.42. The highest BCUT2D eigenvalue weighted by Gasteiger charge is 2.46. The molecule has 0 radical (unpaired) electrons. The van der Waals surface area contributed by atoms with E-state index in [1.807, 2.05) is 11.9 Å². The first-order valence-corrected chi connectivity index (χ1v) is 9.46. The van der Waals surface area contributed by atoms with Crippen LogP contribution in [0, 0.1) is 11.3 Å². The summed E-state index contributed by atoms with van der Waals surface area (Å²) >= 11 is 1.86. The Balaban J connectivity index is 1.42. The van der Waals surface area contributed by atoms with E-state index in [1.165, 1.54) is 58.0 Å². The lowest BCUT2D eigenvalue weighted by Crippen LogP contribution is -2.61. The van der Waals surface area contributed by atoms with Crippen molar-refractivity contribution in [2.75, 3.05) is 32.4 Å². The highest BCUT2D eigenvalue weighted by molar-refractivity contribution is 7.96. The molecule has 0 bridgehead atoms. The monoisotopic (exact) mass is 296 g/mol. The van der Waals surface area contributed by atoms with Gasteiger partial charge in [-0.2, -0.15) is 0 Å². The average molecular weight is 296 g/mol. The first-order valence-electron chi connectivity index (χ1n) is 8.28. The van der Waals surface area contributed by atoms with Crippen LogP contribution in [-0.2, 0) is 4.79 Å². The minimum absolute atomic E-state index is 0.440. The lowest BCUT2D eigenvalue weighted by Gasteiger charge is -2.54. The molecule has 2 saturated heterocycles. The number of carbonyl (C=O) groups is 1. The van der Waals surface area contributed by atoms with Crippen LogP contribution in [0.25, 0.3) is 0 Å². The quantitative estimate of drug-likeness (QED) is 0.748. The molecule has 2 aliphatic heterocycles. The standard InChI is InChI=1S/C16H28N2OS/c1-20-18-9-7-16(8-10-18)12-17(13-16)15(19)11-14-5-3-2-4-6-14/h14H,2-13H2,1H3. The lowest BCUT2D eigenvalue weighted by molar-refractivity contribution is -0.147. The summed E-state index contributed by atoms with van der Waals surface area (Å²) in [6, 6.07) is 0. The van der Waals surface area contributed by atoms with Gasteiger partial charge in [-0.3, -0.25) is 9.10 Å². The van der Waals surface area contributed by atoms with Crippen LogP contribution in [0.3, 0.4) is 0 Å². The summed E-state index contributed by atoms with van der Waals surface area (Å²) in [5, 5.41) is 0. The lowest BCUT2D eigenvalue weighted by atomic mass is 9.72. The number of piperidine rings is 1. The van der Waals surface area contributed by atoms with Gasteiger partial charge in [0.2, 0.25) is 5.91 Å². The number of nitrogens with zero attached hydrogens (tertiary/aromatic N) is 2. The summed E-state index contributed by atoms with van der Waals surface area (Å²) < 4.78 is 2.46. The molecule has 20 heavy (non-hydrogen) atoms. The Kier molecular flexibility index (Phi) is 4.61. The smallest absolute Gasteiger partial charge is 0.222 e. The third-order valence-electron chi connectivity index (χ3n) is 5.63. The number of hydrogen-bond donors (Lipinski definition) is 0. The summed E-state index contributed by atoms with van der Waals surface area (Å²) in [7, 11) is 0. The molecule has 114 valence electrons. The fourth-order valence-electron chi connectivity index (χ4n) is 4.17. The summed E-state index contributed by atoms with van der Waals surface area (Å²) in [4.78, 5) is 14.5. The van der Waals surface area contributed by atoms with Crippen molar-refractivity contribution in [2.24, 2.45) is 11.3 Å². The van der Waals surface area contributed by atoms with Crippen LogP contribution >= 0.6 is 11.9 Å². The van der Waals surface area contributed by atoms with Crippen LogP contribution in [0.4, 0.5) is 0 Å². The molecule has 0 aromatic carbocycles. The molecule has 4 heteroatoms. The van der Waals surface area contributed by atoms with Crippen LogP contribution in [0.5, 0.6) is 0 Å². The molecule has 0 aromatic heterocycles. The maximum Gasteiger partial charge on any atom is 0.222 e. The van der Waals surface area contributed by atoms with Crippen LogP contribution < -0.4 is 0 Å². The Morgan fingerprint density at radius 1 is 1.15 bits per heavy atom. The molecule has 3 rings (SSSR count). The summed E-state index contributed by atoms with van der Waals surface area (Å²) in [6.07, 6.45) is 12.2. The van der Waals surface area contributed by atoms with Crippen molar-refractivity contribution in [3.05, 3.63) is 0 Å². The molecule has 0 unspecified atom stereocenters. The Morgan fingerprint density at radius 2 is 1.80 bits per heavy atom. The fraction of sp³-hybridized carbons (Fsp3) is 0.938. The predicted octanol–water partition coefficient (Wildman–Crippen LogP) is 3.16. The van der Waals surface area contributed by atoms with Crippen molar-refractivity contribution in [2.45, 2.75) is 51.4 Å². The number of hydrogen-bond acceptors (Lipinski definition) is 3. The zero-order valence-electron chi connectivity index (χ0n) is 12.8. The zero-order valence-corrected chi connectivity index (χ0v) is 13.6. The molecular formula is C16H28N2OS. The molecule has 0 aromatic rings.